The number of halogens is 2. The molecule has 0 fully saturated rings. The van der Waals surface area contributed by atoms with Gasteiger partial charge in [0, 0.05) is 22.8 Å². The molecule has 0 radical (unpaired) electrons. The van der Waals surface area contributed by atoms with E-state index in [0.29, 0.717) is 22.8 Å². The minimum atomic E-state index is -0.342. The molecule has 26 heavy (non-hydrogen) atoms. The van der Waals surface area contributed by atoms with Crippen molar-refractivity contribution in [3.8, 4) is 5.75 Å². The van der Waals surface area contributed by atoms with Crippen LogP contribution in [-0.4, -0.2) is 17.3 Å². The predicted octanol–water partition coefficient (Wildman–Crippen LogP) is 5.13. The lowest BCUT2D eigenvalue weighted by atomic mass is 9.90. The van der Waals surface area contributed by atoms with Gasteiger partial charge in [0.05, 0.1) is 11.8 Å². The smallest absolute Gasteiger partial charge is 0.230 e. The first-order valence-electron chi connectivity index (χ1n) is 8.43. The third kappa shape index (κ3) is 4.71. The molecule has 0 aromatic heterocycles. The molecule has 0 saturated carbocycles. The number of nitrogens with one attached hydrogen (secondary N) is 1. The van der Waals surface area contributed by atoms with Crippen molar-refractivity contribution in [2.24, 2.45) is 0 Å². The molecule has 0 saturated heterocycles. The Morgan fingerprint density at radius 1 is 1.35 bits per heavy atom. The number of rotatable bonds is 5. The molecule has 6 heteroatoms. The van der Waals surface area contributed by atoms with Crippen molar-refractivity contribution in [1.82, 2.24) is 5.32 Å². The first-order valence-corrected chi connectivity index (χ1v) is 9.96. The summed E-state index contributed by atoms with van der Waals surface area (Å²) in [7, 11) is 0. The maximum Gasteiger partial charge on any atom is 0.230 e. The molecule has 2 aromatic rings. The Kier molecular flexibility index (Phi) is 5.78. The lowest BCUT2D eigenvalue weighted by Crippen LogP contribution is -2.41. The van der Waals surface area contributed by atoms with Crippen LogP contribution in [0.5, 0.6) is 5.75 Å². The van der Waals surface area contributed by atoms with Crippen molar-refractivity contribution in [3.63, 3.8) is 0 Å². The maximum atomic E-state index is 13.8. The predicted molar refractivity (Wildman–Crippen MR) is 104 cm³/mol. The summed E-state index contributed by atoms with van der Waals surface area (Å²) in [5, 5.41) is 3.46. The summed E-state index contributed by atoms with van der Waals surface area (Å²) in [4.78, 5) is 12.4. The van der Waals surface area contributed by atoms with Gasteiger partial charge in [0.1, 0.15) is 17.2 Å². The fourth-order valence-electron chi connectivity index (χ4n) is 3.06. The molecular weight excluding hydrogens is 373 g/mol. The quantitative estimate of drug-likeness (QED) is 0.765. The molecule has 0 spiro atoms. The molecule has 138 valence electrons. The van der Waals surface area contributed by atoms with Crippen molar-refractivity contribution < 1.29 is 13.9 Å². The summed E-state index contributed by atoms with van der Waals surface area (Å²) in [6.45, 7) is 4.03. The fraction of sp³-hybridized carbons (Fsp3) is 0.350. The first-order chi connectivity index (χ1) is 12.3. The zero-order chi connectivity index (χ0) is 18.7. The molecule has 1 N–H and O–H groups in total. The van der Waals surface area contributed by atoms with Crippen molar-refractivity contribution in [3.05, 3.63) is 64.4 Å². The summed E-state index contributed by atoms with van der Waals surface area (Å²) in [6, 6.07) is 12.3. The highest BCUT2D eigenvalue weighted by molar-refractivity contribution is 7.99. The van der Waals surface area contributed by atoms with E-state index in [0.717, 1.165) is 11.3 Å². The van der Waals surface area contributed by atoms with E-state index >= 15 is 0 Å². The van der Waals surface area contributed by atoms with Crippen LogP contribution in [-0.2, 0) is 10.5 Å². The van der Waals surface area contributed by atoms with Crippen molar-refractivity contribution in [1.29, 1.82) is 0 Å². The molecule has 3 rings (SSSR count). The van der Waals surface area contributed by atoms with Crippen LogP contribution in [0.25, 0.3) is 0 Å². The highest BCUT2D eigenvalue weighted by atomic mass is 35.5. The number of hydrogen-bond acceptors (Lipinski definition) is 3. The van der Waals surface area contributed by atoms with Gasteiger partial charge in [-0.15, -0.1) is 11.8 Å². The second kappa shape index (κ2) is 7.89. The van der Waals surface area contributed by atoms with E-state index in [1.165, 1.54) is 17.8 Å². The molecule has 0 unspecified atom stereocenters. The number of fused-ring (bicyclic) bond motifs is 1. The Bertz CT molecular complexity index is 812. The highest BCUT2D eigenvalue weighted by Gasteiger charge is 2.34. The van der Waals surface area contributed by atoms with E-state index in [1.807, 2.05) is 38.1 Å². The van der Waals surface area contributed by atoms with Crippen LogP contribution in [0.4, 0.5) is 4.39 Å². The molecule has 0 bridgehead atoms. The van der Waals surface area contributed by atoms with E-state index in [9.17, 15) is 9.18 Å². The minimum Gasteiger partial charge on any atom is -0.487 e. The number of benzene rings is 2. The lowest BCUT2D eigenvalue weighted by Gasteiger charge is -2.37. The number of thioether (sulfide) groups is 1. The van der Waals surface area contributed by atoms with Gasteiger partial charge in [-0.05, 0) is 37.6 Å². The number of hydrogen-bond donors (Lipinski definition) is 1. The van der Waals surface area contributed by atoms with Gasteiger partial charge in [-0.1, -0.05) is 35.9 Å². The van der Waals surface area contributed by atoms with Gasteiger partial charge in [-0.25, -0.2) is 4.39 Å². The molecule has 3 nitrogen and oxygen atoms in total. The normalized spacial score (nSPS) is 17.9. The summed E-state index contributed by atoms with van der Waals surface area (Å²) in [5.41, 5.74) is 1.20. The molecule has 1 aliphatic heterocycles. The molecular formula is C20H21ClFNO2S. The third-order valence-corrected chi connectivity index (χ3v) is 5.43. The molecule has 1 amide bonds. The van der Waals surface area contributed by atoms with E-state index in [-0.39, 0.29) is 29.1 Å². The number of carbonyl (C=O) groups excluding carboxylic acids is 1. The van der Waals surface area contributed by atoms with Crippen LogP contribution < -0.4 is 10.1 Å². The van der Waals surface area contributed by atoms with Crippen LogP contribution in [0.1, 0.15) is 37.4 Å². The van der Waals surface area contributed by atoms with E-state index in [2.05, 4.69) is 5.32 Å². The van der Waals surface area contributed by atoms with Gasteiger partial charge in [0.2, 0.25) is 5.91 Å². The highest BCUT2D eigenvalue weighted by Crippen LogP contribution is 2.39. The number of para-hydroxylation sites is 1. The van der Waals surface area contributed by atoms with Crippen LogP contribution in [0, 0.1) is 5.82 Å². The zero-order valence-corrected chi connectivity index (χ0v) is 16.3. The summed E-state index contributed by atoms with van der Waals surface area (Å²) >= 11 is 7.13. The average Bonchev–Trinajstić information content (AvgIpc) is 2.56. The largest absolute Gasteiger partial charge is 0.487 e. The van der Waals surface area contributed by atoms with Gasteiger partial charge in [0.25, 0.3) is 0 Å². The van der Waals surface area contributed by atoms with Crippen molar-refractivity contribution >= 4 is 29.3 Å². The van der Waals surface area contributed by atoms with Crippen molar-refractivity contribution in [2.75, 3.05) is 5.75 Å². The van der Waals surface area contributed by atoms with Gasteiger partial charge < -0.3 is 10.1 Å². The molecule has 1 atom stereocenters. The first kappa shape index (κ1) is 19.1. The van der Waals surface area contributed by atoms with Crippen LogP contribution in [0.3, 0.4) is 0 Å². The number of carbonyl (C=O) groups is 1. The summed E-state index contributed by atoms with van der Waals surface area (Å²) in [5.74, 6) is 1.09. The van der Waals surface area contributed by atoms with Crippen LogP contribution in [0.15, 0.2) is 42.5 Å². The molecule has 2 aromatic carbocycles. The Morgan fingerprint density at radius 3 is 2.88 bits per heavy atom. The molecule has 1 aliphatic rings. The second-order valence-corrected chi connectivity index (χ2v) is 8.37. The SMILES string of the molecule is CC1(C)C[C@@H](NC(=O)CSCc2ccc(Cl)cc2F)c2ccccc2O1. The maximum absolute atomic E-state index is 13.8. The van der Waals surface area contributed by atoms with Crippen LogP contribution >= 0.6 is 23.4 Å². The second-order valence-electron chi connectivity index (χ2n) is 6.95. The Hall–Kier alpha value is -1.72. The van der Waals surface area contributed by atoms with E-state index < -0.39 is 0 Å². The average molecular weight is 394 g/mol. The zero-order valence-electron chi connectivity index (χ0n) is 14.7. The minimum absolute atomic E-state index is 0.0677. The third-order valence-electron chi connectivity index (χ3n) is 4.22. The topological polar surface area (TPSA) is 38.3 Å². The van der Waals surface area contributed by atoms with Gasteiger partial charge in [0.15, 0.2) is 0 Å². The molecule has 1 heterocycles. The van der Waals surface area contributed by atoms with Gasteiger partial charge in [-0.3, -0.25) is 4.79 Å². The fourth-order valence-corrected chi connectivity index (χ4v) is 4.04. The Morgan fingerprint density at radius 2 is 2.12 bits per heavy atom. The molecule has 0 aliphatic carbocycles. The monoisotopic (exact) mass is 393 g/mol. The van der Waals surface area contributed by atoms with Gasteiger partial charge in [-0.2, -0.15) is 0 Å². The standard InChI is InChI=1S/C20H21ClFNO2S/c1-20(2)10-17(15-5-3-4-6-18(15)25-20)23-19(24)12-26-11-13-7-8-14(21)9-16(13)22/h3-9,17H,10-12H2,1-2H3,(H,23,24)/t17-/m1/s1. The lowest BCUT2D eigenvalue weighted by molar-refractivity contribution is -0.119. The Balaban J connectivity index is 1.58. The summed E-state index contributed by atoms with van der Waals surface area (Å²) < 4.78 is 19.8. The van der Waals surface area contributed by atoms with Gasteiger partial charge >= 0.3 is 0 Å². The van der Waals surface area contributed by atoms with Crippen molar-refractivity contribution in [2.45, 2.75) is 37.7 Å². The van der Waals surface area contributed by atoms with Crippen LogP contribution in [0.2, 0.25) is 5.02 Å². The number of amides is 1. The summed E-state index contributed by atoms with van der Waals surface area (Å²) in [6.07, 6.45) is 0.701. The van der Waals surface area contributed by atoms with E-state index in [1.54, 1.807) is 12.1 Å². The Labute approximate surface area is 162 Å². The van der Waals surface area contributed by atoms with E-state index in [4.69, 9.17) is 16.3 Å². The number of ether oxygens (including phenoxy) is 1.